The lowest BCUT2D eigenvalue weighted by atomic mass is 10.4. The maximum Gasteiger partial charge on any atom is 0.240 e. The smallest absolute Gasteiger partial charge is 0.240 e. The fraction of sp³-hybridized carbons (Fsp3) is 0.455. The quantitative estimate of drug-likeness (QED) is 0.752. The molecule has 1 aromatic rings. The molecule has 0 saturated carbocycles. The van der Waals surface area contributed by atoms with E-state index in [2.05, 4.69) is 32.9 Å². The largest absolute Gasteiger partial charge is 0.315 e. The summed E-state index contributed by atoms with van der Waals surface area (Å²) in [7, 11) is -3.39. The molecule has 0 radical (unpaired) electrons. The normalized spacial score (nSPS) is 11.6. The van der Waals surface area contributed by atoms with Crippen LogP contribution in [-0.4, -0.2) is 28.1 Å². The van der Waals surface area contributed by atoms with Crippen LogP contribution in [0.1, 0.15) is 13.3 Å². The second-order valence-electron chi connectivity index (χ2n) is 3.61. The number of benzene rings is 1. The van der Waals surface area contributed by atoms with Crippen LogP contribution in [-0.2, 0) is 10.0 Å². The van der Waals surface area contributed by atoms with Gasteiger partial charge in [-0.15, -0.1) is 0 Å². The molecule has 1 rings (SSSR count). The van der Waals surface area contributed by atoms with E-state index in [0.717, 1.165) is 17.4 Å². The molecule has 0 saturated heterocycles. The van der Waals surface area contributed by atoms with Crippen LogP contribution in [0.15, 0.2) is 33.6 Å². The van der Waals surface area contributed by atoms with Crippen LogP contribution < -0.4 is 10.0 Å². The van der Waals surface area contributed by atoms with Crippen molar-refractivity contribution in [1.29, 1.82) is 0 Å². The molecule has 0 atom stereocenters. The van der Waals surface area contributed by atoms with Crippen molar-refractivity contribution in [2.75, 3.05) is 19.6 Å². The molecule has 0 aliphatic rings. The lowest BCUT2D eigenvalue weighted by Crippen LogP contribution is -2.32. The maximum atomic E-state index is 11.9. The Kier molecular flexibility index (Phi) is 6.11. The predicted octanol–water partition coefficient (Wildman–Crippen LogP) is 1.73. The summed E-state index contributed by atoms with van der Waals surface area (Å²) in [6, 6.07) is 6.66. The minimum atomic E-state index is -3.39. The van der Waals surface area contributed by atoms with Gasteiger partial charge in [-0.05, 0) is 31.2 Å². The molecular formula is C11H17BrN2O2S. The van der Waals surface area contributed by atoms with E-state index in [1.807, 2.05) is 0 Å². The van der Waals surface area contributed by atoms with Gasteiger partial charge in [0.1, 0.15) is 0 Å². The first-order valence-electron chi connectivity index (χ1n) is 5.52. The first-order valence-corrected chi connectivity index (χ1v) is 7.80. The molecule has 4 nitrogen and oxygen atoms in total. The number of nitrogens with one attached hydrogen (secondary N) is 2. The molecule has 0 amide bonds. The molecule has 0 aliphatic carbocycles. The van der Waals surface area contributed by atoms with Crippen LogP contribution in [0.3, 0.4) is 0 Å². The average molecular weight is 321 g/mol. The van der Waals surface area contributed by atoms with Crippen molar-refractivity contribution >= 4 is 26.0 Å². The standard InChI is InChI=1S/C11H17BrN2O2S/c1-2-6-13-7-8-14-17(15,16)11-5-3-4-10(12)9-11/h3-5,9,13-14H,2,6-8H2,1H3. The van der Waals surface area contributed by atoms with Crippen molar-refractivity contribution < 1.29 is 8.42 Å². The summed E-state index contributed by atoms with van der Waals surface area (Å²) in [5.41, 5.74) is 0. The fourth-order valence-electron chi connectivity index (χ4n) is 1.29. The summed E-state index contributed by atoms with van der Waals surface area (Å²) >= 11 is 3.25. The van der Waals surface area contributed by atoms with Crippen molar-refractivity contribution in [2.24, 2.45) is 0 Å². The van der Waals surface area contributed by atoms with E-state index >= 15 is 0 Å². The Morgan fingerprint density at radius 1 is 1.24 bits per heavy atom. The Labute approximate surface area is 111 Å². The van der Waals surface area contributed by atoms with Gasteiger partial charge < -0.3 is 5.32 Å². The van der Waals surface area contributed by atoms with E-state index in [9.17, 15) is 8.42 Å². The van der Waals surface area contributed by atoms with Crippen LogP contribution in [0.4, 0.5) is 0 Å². The molecule has 0 unspecified atom stereocenters. The third kappa shape index (κ3) is 5.16. The van der Waals surface area contributed by atoms with Crippen LogP contribution in [0, 0.1) is 0 Å². The number of hydrogen-bond donors (Lipinski definition) is 2. The number of hydrogen-bond acceptors (Lipinski definition) is 3. The molecular weight excluding hydrogens is 304 g/mol. The maximum absolute atomic E-state index is 11.9. The van der Waals surface area contributed by atoms with E-state index in [-0.39, 0.29) is 4.90 Å². The highest BCUT2D eigenvalue weighted by atomic mass is 79.9. The highest BCUT2D eigenvalue weighted by Gasteiger charge is 2.12. The van der Waals surface area contributed by atoms with E-state index < -0.39 is 10.0 Å². The van der Waals surface area contributed by atoms with Crippen LogP contribution in [0.2, 0.25) is 0 Å². The van der Waals surface area contributed by atoms with Crippen molar-refractivity contribution in [3.05, 3.63) is 28.7 Å². The average Bonchev–Trinajstić information content (AvgIpc) is 2.29. The summed E-state index contributed by atoms with van der Waals surface area (Å²) in [4.78, 5) is 0.280. The van der Waals surface area contributed by atoms with Crippen molar-refractivity contribution in [3.63, 3.8) is 0 Å². The molecule has 2 N–H and O–H groups in total. The highest BCUT2D eigenvalue weighted by Crippen LogP contribution is 2.15. The van der Waals surface area contributed by atoms with Crippen LogP contribution in [0.25, 0.3) is 0 Å². The molecule has 1 aromatic carbocycles. The molecule has 0 bridgehead atoms. The van der Waals surface area contributed by atoms with Gasteiger partial charge in [0, 0.05) is 17.6 Å². The van der Waals surface area contributed by atoms with Gasteiger partial charge in [0.25, 0.3) is 0 Å². The molecule has 0 spiro atoms. The van der Waals surface area contributed by atoms with Crippen LogP contribution in [0.5, 0.6) is 0 Å². The molecule has 0 aromatic heterocycles. The molecule has 6 heteroatoms. The van der Waals surface area contributed by atoms with E-state index in [1.54, 1.807) is 24.3 Å². The number of halogens is 1. The Morgan fingerprint density at radius 2 is 2.00 bits per heavy atom. The van der Waals surface area contributed by atoms with Gasteiger partial charge >= 0.3 is 0 Å². The molecule has 0 heterocycles. The van der Waals surface area contributed by atoms with Gasteiger partial charge in [0.15, 0.2) is 0 Å². The van der Waals surface area contributed by atoms with Gasteiger partial charge in [-0.25, -0.2) is 13.1 Å². The van der Waals surface area contributed by atoms with Gasteiger partial charge in [-0.2, -0.15) is 0 Å². The monoisotopic (exact) mass is 320 g/mol. The summed E-state index contributed by atoms with van der Waals surface area (Å²) in [6.07, 6.45) is 1.04. The summed E-state index contributed by atoms with van der Waals surface area (Å²) in [5.74, 6) is 0. The predicted molar refractivity (Wildman–Crippen MR) is 72.5 cm³/mol. The van der Waals surface area contributed by atoms with Crippen molar-refractivity contribution in [2.45, 2.75) is 18.2 Å². The topological polar surface area (TPSA) is 58.2 Å². The van der Waals surface area contributed by atoms with Gasteiger partial charge in [-0.3, -0.25) is 0 Å². The third-order valence-electron chi connectivity index (χ3n) is 2.13. The zero-order chi connectivity index (χ0) is 12.7. The van der Waals surface area contributed by atoms with E-state index in [1.165, 1.54) is 0 Å². The minimum absolute atomic E-state index is 0.280. The first kappa shape index (κ1) is 14.6. The SMILES string of the molecule is CCCNCCNS(=O)(=O)c1cccc(Br)c1. The van der Waals surface area contributed by atoms with Gasteiger partial charge in [0.05, 0.1) is 4.90 Å². The second kappa shape index (κ2) is 7.10. The summed E-state index contributed by atoms with van der Waals surface area (Å²) in [5, 5.41) is 3.13. The third-order valence-corrected chi connectivity index (χ3v) is 4.08. The van der Waals surface area contributed by atoms with E-state index in [0.29, 0.717) is 13.1 Å². The number of rotatable bonds is 7. The Balaban J connectivity index is 2.51. The molecule has 17 heavy (non-hydrogen) atoms. The molecule has 0 fully saturated rings. The Morgan fingerprint density at radius 3 is 2.65 bits per heavy atom. The van der Waals surface area contributed by atoms with Gasteiger partial charge in [0.2, 0.25) is 10.0 Å². The Bertz CT molecular complexity index is 449. The second-order valence-corrected chi connectivity index (χ2v) is 6.29. The molecule has 0 aliphatic heterocycles. The first-order chi connectivity index (χ1) is 8.06. The molecule has 96 valence electrons. The fourth-order valence-corrected chi connectivity index (χ4v) is 2.92. The van der Waals surface area contributed by atoms with E-state index in [4.69, 9.17) is 0 Å². The van der Waals surface area contributed by atoms with Crippen molar-refractivity contribution in [1.82, 2.24) is 10.0 Å². The number of sulfonamides is 1. The van der Waals surface area contributed by atoms with Gasteiger partial charge in [-0.1, -0.05) is 28.9 Å². The van der Waals surface area contributed by atoms with Crippen molar-refractivity contribution in [3.8, 4) is 0 Å². The van der Waals surface area contributed by atoms with Crippen LogP contribution >= 0.6 is 15.9 Å². The summed E-state index contributed by atoms with van der Waals surface area (Å²) in [6.45, 7) is 4.01. The Hall–Kier alpha value is -0.430. The lowest BCUT2D eigenvalue weighted by molar-refractivity contribution is 0.575. The zero-order valence-corrected chi connectivity index (χ0v) is 12.1. The highest BCUT2D eigenvalue weighted by molar-refractivity contribution is 9.10. The summed E-state index contributed by atoms with van der Waals surface area (Å²) < 4.78 is 27.0. The minimum Gasteiger partial charge on any atom is -0.315 e. The lowest BCUT2D eigenvalue weighted by Gasteiger charge is -2.07. The zero-order valence-electron chi connectivity index (χ0n) is 9.74.